The molecule has 1 aromatic carbocycles. The Balaban J connectivity index is 2.63. The first-order valence-corrected chi connectivity index (χ1v) is 6.56. The minimum absolute atomic E-state index is 0.0690. The maximum atomic E-state index is 12.1. The zero-order valence-electron chi connectivity index (χ0n) is 11.8. The summed E-state index contributed by atoms with van der Waals surface area (Å²) in [7, 11) is 1.84. The molecule has 18 heavy (non-hydrogen) atoms. The summed E-state index contributed by atoms with van der Waals surface area (Å²) in [6, 6.07) is 7.34. The van der Waals surface area contributed by atoms with Gasteiger partial charge in [-0.15, -0.1) is 0 Å². The third kappa shape index (κ3) is 4.40. The van der Waals surface area contributed by atoms with Crippen LogP contribution in [0.2, 0.25) is 0 Å². The van der Waals surface area contributed by atoms with E-state index in [0.29, 0.717) is 5.56 Å². The smallest absolute Gasteiger partial charge is 0.253 e. The molecule has 3 heteroatoms. The van der Waals surface area contributed by atoms with Crippen LogP contribution in [0, 0.1) is 0 Å². The SMILES string of the molecule is CCCCN(C)C(=O)c1ccc(OC(C)C)cc1. The second-order valence-corrected chi connectivity index (χ2v) is 4.77. The predicted molar refractivity (Wildman–Crippen MR) is 74.1 cm³/mol. The van der Waals surface area contributed by atoms with Crippen molar-refractivity contribution in [3.63, 3.8) is 0 Å². The van der Waals surface area contributed by atoms with Crippen LogP contribution in [0.4, 0.5) is 0 Å². The van der Waals surface area contributed by atoms with Crippen molar-refractivity contribution in [2.45, 2.75) is 39.7 Å². The number of nitrogens with zero attached hydrogens (tertiary/aromatic N) is 1. The van der Waals surface area contributed by atoms with E-state index in [-0.39, 0.29) is 12.0 Å². The maximum absolute atomic E-state index is 12.1. The first-order chi connectivity index (χ1) is 8.54. The molecule has 0 unspecified atom stereocenters. The molecule has 0 aromatic heterocycles. The maximum Gasteiger partial charge on any atom is 0.253 e. The van der Waals surface area contributed by atoms with Crippen molar-refractivity contribution >= 4 is 5.91 Å². The average Bonchev–Trinajstić information content (AvgIpc) is 2.35. The molecule has 0 fully saturated rings. The van der Waals surface area contributed by atoms with Gasteiger partial charge < -0.3 is 9.64 Å². The van der Waals surface area contributed by atoms with Gasteiger partial charge >= 0.3 is 0 Å². The van der Waals surface area contributed by atoms with Gasteiger partial charge in [0.25, 0.3) is 5.91 Å². The van der Waals surface area contributed by atoms with E-state index in [9.17, 15) is 4.79 Å². The summed E-state index contributed by atoms with van der Waals surface area (Å²) in [4.78, 5) is 13.8. The highest BCUT2D eigenvalue weighted by atomic mass is 16.5. The molecule has 0 aliphatic heterocycles. The summed E-state index contributed by atoms with van der Waals surface area (Å²) in [5, 5.41) is 0. The number of carbonyl (C=O) groups excluding carboxylic acids is 1. The number of benzene rings is 1. The second kappa shape index (κ2) is 7.04. The number of rotatable bonds is 6. The van der Waals surface area contributed by atoms with Gasteiger partial charge in [0, 0.05) is 19.2 Å². The van der Waals surface area contributed by atoms with Gasteiger partial charge in [0.1, 0.15) is 5.75 Å². The lowest BCUT2D eigenvalue weighted by molar-refractivity contribution is 0.0793. The molecule has 3 nitrogen and oxygen atoms in total. The molecule has 0 aliphatic rings. The number of ether oxygens (including phenoxy) is 1. The molecule has 0 heterocycles. The summed E-state index contributed by atoms with van der Waals surface area (Å²) < 4.78 is 5.55. The van der Waals surface area contributed by atoms with Crippen molar-refractivity contribution in [3.8, 4) is 5.75 Å². The molecule has 100 valence electrons. The van der Waals surface area contributed by atoms with Crippen molar-refractivity contribution in [1.29, 1.82) is 0 Å². The Morgan fingerprint density at radius 3 is 2.39 bits per heavy atom. The zero-order chi connectivity index (χ0) is 13.5. The Bertz CT molecular complexity index is 371. The fraction of sp³-hybridized carbons (Fsp3) is 0.533. The molecular formula is C15H23NO2. The highest BCUT2D eigenvalue weighted by Crippen LogP contribution is 2.15. The fourth-order valence-corrected chi connectivity index (χ4v) is 1.67. The largest absolute Gasteiger partial charge is 0.491 e. The van der Waals surface area contributed by atoms with E-state index in [4.69, 9.17) is 4.74 Å². The topological polar surface area (TPSA) is 29.5 Å². The van der Waals surface area contributed by atoms with E-state index in [1.807, 2.05) is 45.2 Å². The minimum atomic E-state index is 0.0690. The Morgan fingerprint density at radius 1 is 1.28 bits per heavy atom. The number of hydrogen-bond donors (Lipinski definition) is 0. The molecular weight excluding hydrogens is 226 g/mol. The fourth-order valence-electron chi connectivity index (χ4n) is 1.67. The molecule has 0 N–H and O–H groups in total. The molecule has 0 spiro atoms. The van der Waals surface area contributed by atoms with Crippen molar-refractivity contribution in [3.05, 3.63) is 29.8 Å². The van der Waals surface area contributed by atoms with Crippen LogP contribution in [-0.4, -0.2) is 30.5 Å². The molecule has 1 amide bonds. The van der Waals surface area contributed by atoms with Crippen LogP contribution in [0.3, 0.4) is 0 Å². The summed E-state index contributed by atoms with van der Waals surface area (Å²) >= 11 is 0. The molecule has 1 aromatic rings. The molecule has 0 bridgehead atoms. The van der Waals surface area contributed by atoms with E-state index in [1.54, 1.807) is 4.90 Å². The van der Waals surface area contributed by atoms with Crippen molar-refractivity contribution in [2.75, 3.05) is 13.6 Å². The van der Waals surface area contributed by atoms with Gasteiger partial charge in [-0.05, 0) is 44.5 Å². The monoisotopic (exact) mass is 249 g/mol. The Hall–Kier alpha value is -1.51. The van der Waals surface area contributed by atoms with Crippen LogP contribution < -0.4 is 4.74 Å². The van der Waals surface area contributed by atoms with Gasteiger partial charge in [0.2, 0.25) is 0 Å². The molecule has 0 atom stereocenters. The predicted octanol–water partition coefficient (Wildman–Crippen LogP) is 3.35. The molecule has 0 saturated heterocycles. The zero-order valence-corrected chi connectivity index (χ0v) is 11.8. The third-order valence-electron chi connectivity index (χ3n) is 2.67. The van der Waals surface area contributed by atoms with E-state index in [2.05, 4.69) is 6.92 Å². The highest BCUT2D eigenvalue weighted by Gasteiger charge is 2.10. The summed E-state index contributed by atoms with van der Waals surface area (Å²) in [5.74, 6) is 0.873. The highest BCUT2D eigenvalue weighted by molar-refractivity contribution is 5.94. The normalized spacial score (nSPS) is 10.5. The van der Waals surface area contributed by atoms with Crippen LogP contribution >= 0.6 is 0 Å². The number of carbonyl (C=O) groups is 1. The van der Waals surface area contributed by atoms with Crippen molar-refractivity contribution < 1.29 is 9.53 Å². The van der Waals surface area contributed by atoms with E-state index >= 15 is 0 Å². The molecule has 0 radical (unpaired) electrons. The molecule has 1 rings (SSSR count). The number of amides is 1. The van der Waals surface area contributed by atoms with E-state index in [1.165, 1.54) is 0 Å². The summed E-state index contributed by atoms with van der Waals surface area (Å²) in [6.07, 6.45) is 2.29. The van der Waals surface area contributed by atoms with Crippen LogP contribution in [0.1, 0.15) is 44.0 Å². The Kier molecular flexibility index (Phi) is 5.69. The first kappa shape index (κ1) is 14.6. The lowest BCUT2D eigenvalue weighted by Gasteiger charge is -2.17. The van der Waals surface area contributed by atoms with Crippen molar-refractivity contribution in [1.82, 2.24) is 4.90 Å². The number of unbranched alkanes of at least 4 members (excludes halogenated alkanes) is 1. The average molecular weight is 249 g/mol. The van der Waals surface area contributed by atoms with Crippen LogP contribution in [0.25, 0.3) is 0 Å². The van der Waals surface area contributed by atoms with E-state index < -0.39 is 0 Å². The van der Waals surface area contributed by atoms with Gasteiger partial charge in [0.15, 0.2) is 0 Å². The van der Waals surface area contributed by atoms with Crippen LogP contribution in [-0.2, 0) is 0 Å². The van der Waals surface area contributed by atoms with Gasteiger partial charge in [0.05, 0.1) is 6.10 Å². The standard InChI is InChI=1S/C15H23NO2/c1-5-6-11-16(4)15(17)13-7-9-14(10-8-13)18-12(2)3/h7-10,12H,5-6,11H2,1-4H3. The number of hydrogen-bond acceptors (Lipinski definition) is 2. The summed E-state index contributed by atoms with van der Waals surface area (Å²) in [5.41, 5.74) is 0.713. The minimum Gasteiger partial charge on any atom is -0.491 e. The van der Waals surface area contributed by atoms with Crippen LogP contribution in [0.5, 0.6) is 5.75 Å². The lowest BCUT2D eigenvalue weighted by atomic mass is 10.2. The third-order valence-corrected chi connectivity index (χ3v) is 2.67. The first-order valence-electron chi connectivity index (χ1n) is 6.56. The van der Waals surface area contributed by atoms with Gasteiger partial charge in [-0.1, -0.05) is 13.3 Å². The van der Waals surface area contributed by atoms with Crippen LogP contribution in [0.15, 0.2) is 24.3 Å². The van der Waals surface area contributed by atoms with Gasteiger partial charge in [-0.2, -0.15) is 0 Å². The quantitative estimate of drug-likeness (QED) is 0.773. The molecule has 0 aliphatic carbocycles. The Morgan fingerprint density at radius 2 is 1.89 bits per heavy atom. The molecule has 0 saturated carbocycles. The van der Waals surface area contributed by atoms with Gasteiger partial charge in [-0.3, -0.25) is 4.79 Å². The Labute approximate surface area is 110 Å². The lowest BCUT2D eigenvalue weighted by Crippen LogP contribution is -2.27. The van der Waals surface area contributed by atoms with Crippen molar-refractivity contribution in [2.24, 2.45) is 0 Å². The second-order valence-electron chi connectivity index (χ2n) is 4.77. The summed E-state index contributed by atoms with van der Waals surface area (Å²) in [6.45, 7) is 6.89. The van der Waals surface area contributed by atoms with E-state index in [0.717, 1.165) is 25.1 Å². The van der Waals surface area contributed by atoms with Gasteiger partial charge in [-0.25, -0.2) is 0 Å².